The molecule has 2 aromatic heterocycles. The molecule has 0 atom stereocenters. The van der Waals surface area contributed by atoms with Crippen molar-refractivity contribution in [3.05, 3.63) is 47.3 Å². The molecule has 0 aliphatic carbocycles. The van der Waals surface area contributed by atoms with Gasteiger partial charge in [-0.25, -0.2) is 0 Å². The van der Waals surface area contributed by atoms with Gasteiger partial charge < -0.3 is 18.6 Å². The van der Waals surface area contributed by atoms with Crippen LogP contribution in [0.5, 0.6) is 17.2 Å². The fourth-order valence-corrected chi connectivity index (χ4v) is 3.73. The molecule has 0 saturated heterocycles. The van der Waals surface area contributed by atoms with Crippen molar-refractivity contribution < 1.29 is 23.4 Å². The second-order valence-electron chi connectivity index (χ2n) is 6.39. The molecule has 0 N–H and O–H groups in total. The average Bonchev–Trinajstić information content (AvgIpc) is 3.52. The van der Waals surface area contributed by atoms with E-state index in [9.17, 15) is 4.79 Å². The standard InChI is InChI=1S/C20H17ClN6O5S/c1-29-15-8-11(9-16(30-2)17(15)31-3)18-22-23-19(32-18)14(28)10-33-20-24-25-26-27(20)13-6-4-12(21)5-7-13/h4-9H,10H2,1-3H3. The summed E-state index contributed by atoms with van der Waals surface area (Å²) in [5.74, 6) is 0.867. The second-order valence-corrected chi connectivity index (χ2v) is 7.77. The Hall–Kier alpha value is -3.64. The second kappa shape index (κ2) is 9.88. The van der Waals surface area contributed by atoms with E-state index in [1.54, 1.807) is 36.4 Å². The van der Waals surface area contributed by atoms with Crippen molar-refractivity contribution in [3.63, 3.8) is 0 Å². The van der Waals surface area contributed by atoms with Crippen LogP contribution in [-0.4, -0.2) is 63.3 Å². The van der Waals surface area contributed by atoms with E-state index < -0.39 is 0 Å². The number of benzene rings is 2. The molecular weight excluding hydrogens is 472 g/mol. The van der Waals surface area contributed by atoms with Crippen LogP contribution >= 0.6 is 23.4 Å². The number of tetrazole rings is 1. The van der Waals surface area contributed by atoms with Crippen molar-refractivity contribution in [1.29, 1.82) is 0 Å². The summed E-state index contributed by atoms with van der Waals surface area (Å²) >= 11 is 7.06. The molecule has 11 nitrogen and oxygen atoms in total. The van der Waals surface area contributed by atoms with Crippen molar-refractivity contribution in [3.8, 4) is 34.4 Å². The Morgan fingerprint density at radius 1 is 1.03 bits per heavy atom. The van der Waals surface area contributed by atoms with Gasteiger partial charge in [0.05, 0.1) is 32.8 Å². The lowest BCUT2D eigenvalue weighted by Crippen LogP contribution is -2.05. The van der Waals surface area contributed by atoms with Gasteiger partial charge in [-0.2, -0.15) is 4.68 Å². The number of methoxy groups -OCH3 is 3. The Kier molecular flexibility index (Phi) is 6.75. The highest BCUT2D eigenvalue weighted by Gasteiger charge is 2.21. The van der Waals surface area contributed by atoms with Crippen LogP contribution in [0.1, 0.15) is 10.7 Å². The molecule has 0 aliphatic rings. The van der Waals surface area contributed by atoms with Crippen LogP contribution in [0.2, 0.25) is 5.02 Å². The molecule has 0 saturated carbocycles. The lowest BCUT2D eigenvalue weighted by molar-refractivity contribution is 0.0986. The predicted octanol–water partition coefficient (Wildman–Crippen LogP) is 3.37. The number of Topliss-reactive ketones (excluding diaryl/α,β-unsaturated/α-hetero) is 1. The highest BCUT2D eigenvalue weighted by atomic mass is 35.5. The van der Waals surface area contributed by atoms with Gasteiger partial charge in [0.15, 0.2) is 11.5 Å². The van der Waals surface area contributed by atoms with Gasteiger partial charge in [0.2, 0.25) is 22.6 Å². The molecule has 0 fully saturated rings. The van der Waals surface area contributed by atoms with Gasteiger partial charge >= 0.3 is 0 Å². The summed E-state index contributed by atoms with van der Waals surface area (Å²) < 4.78 is 23.1. The Bertz CT molecular complexity index is 1250. The van der Waals surface area contributed by atoms with Gasteiger partial charge in [-0.15, -0.1) is 15.3 Å². The van der Waals surface area contributed by atoms with Gasteiger partial charge in [-0.1, -0.05) is 23.4 Å². The van der Waals surface area contributed by atoms with Crippen molar-refractivity contribution in [1.82, 2.24) is 30.4 Å². The summed E-state index contributed by atoms with van der Waals surface area (Å²) in [5.41, 5.74) is 1.22. The molecule has 33 heavy (non-hydrogen) atoms. The SMILES string of the molecule is COc1cc(-c2nnc(C(=O)CSc3nnnn3-c3ccc(Cl)cc3)o2)cc(OC)c1OC. The molecule has 2 heterocycles. The monoisotopic (exact) mass is 488 g/mol. The molecule has 0 spiro atoms. The quantitative estimate of drug-likeness (QED) is 0.254. The number of ketones is 1. The van der Waals surface area contributed by atoms with Crippen LogP contribution in [0.15, 0.2) is 46.0 Å². The first-order chi connectivity index (χ1) is 16.0. The Morgan fingerprint density at radius 3 is 2.36 bits per heavy atom. The number of halogens is 1. The highest BCUT2D eigenvalue weighted by Crippen LogP contribution is 2.40. The maximum absolute atomic E-state index is 12.6. The summed E-state index contributed by atoms with van der Waals surface area (Å²) in [6.45, 7) is 0. The Morgan fingerprint density at radius 2 is 1.73 bits per heavy atom. The summed E-state index contributed by atoms with van der Waals surface area (Å²) in [5, 5.41) is 20.5. The Balaban J connectivity index is 1.50. The summed E-state index contributed by atoms with van der Waals surface area (Å²) in [4.78, 5) is 12.6. The first-order valence-electron chi connectivity index (χ1n) is 9.38. The fraction of sp³-hybridized carbons (Fsp3) is 0.200. The van der Waals surface area contributed by atoms with Gasteiger partial charge in [-0.05, 0) is 46.8 Å². The van der Waals surface area contributed by atoms with Crippen LogP contribution in [0, 0.1) is 0 Å². The van der Waals surface area contributed by atoms with Crippen molar-refractivity contribution in [2.45, 2.75) is 5.16 Å². The number of hydrogen-bond donors (Lipinski definition) is 0. The third kappa shape index (κ3) is 4.76. The van der Waals surface area contributed by atoms with Crippen LogP contribution in [0.25, 0.3) is 17.1 Å². The van der Waals surface area contributed by atoms with Crippen LogP contribution in [-0.2, 0) is 0 Å². The number of thioether (sulfide) groups is 1. The fourth-order valence-electron chi connectivity index (χ4n) is 2.86. The lowest BCUT2D eigenvalue weighted by Gasteiger charge is -2.12. The minimum absolute atomic E-state index is 0.00908. The zero-order chi connectivity index (χ0) is 23.4. The summed E-state index contributed by atoms with van der Waals surface area (Å²) in [6.07, 6.45) is 0. The number of hydrogen-bond acceptors (Lipinski definition) is 11. The van der Waals surface area contributed by atoms with E-state index in [0.717, 1.165) is 11.8 Å². The first kappa shape index (κ1) is 22.6. The molecule has 0 aliphatic heterocycles. The zero-order valence-electron chi connectivity index (χ0n) is 17.7. The van der Waals surface area contributed by atoms with Gasteiger partial charge in [0, 0.05) is 10.6 Å². The number of ether oxygens (including phenoxy) is 3. The maximum atomic E-state index is 12.6. The van der Waals surface area contributed by atoms with E-state index in [-0.39, 0.29) is 23.3 Å². The van der Waals surface area contributed by atoms with Crippen LogP contribution < -0.4 is 14.2 Å². The molecule has 2 aromatic carbocycles. The summed E-state index contributed by atoms with van der Waals surface area (Å²) in [7, 11) is 4.50. The van der Waals surface area contributed by atoms with Crippen molar-refractivity contribution in [2.75, 3.05) is 27.1 Å². The van der Waals surface area contributed by atoms with E-state index in [4.69, 9.17) is 30.2 Å². The number of carbonyl (C=O) groups excluding carboxylic acids is 1. The van der Waals surface area contributed by atoms with Gasteiger partial charge in [0.1, 0.15) is 0 Å². The number of aromatic nitrogens is 6. The number of nitrogens with zero attached hydrogens (tertiary/aromatic N) is 6. The minimum Gasteiger partial charge on any atom is -0.493 e. The van der Waals surface area contributed by atoms with E-state index in [2.05, 4.69) is 25.7 Å². The first-order valence-corrected chi connectivity index (χ1v) is 10.7. The molecule has 4 aromatic rings. The zero-order valence-corrected chi connectivity index (χ0v) is 19.3. The molecule has 0 amide bonds. The van der Waals surface area contributed by atoms with Gasteiger partial charge in [0.25, 0.3) is 5.89 Å². The predicted molar refractivity (Wildman–Crippen MR) is 119 cm³/mol. The lowest BCUT2D eigenvalue weighted by atomic mass is 10.2. The largest absolute Gasteiger partial charge is 0.493 e. The smallest absolute Gasteiger partial charge is 0.285 e. The van der Waals surface area contributed by atoms with E-state index in [1.165, 1.54) is 26.0 Å². The van der Waals surface area contributed by atoms with E-state index >= 15 is 0 Å². The highest BCUT2D eigenvalue weighted by molar-refractivity contribution is 7.99. The molecule has 0 bridgehead atoms. The molecule has 4 rings (SSSR count). The average molecular weight is 489 g/mol. The molecular formula is C20H17ClN6O5S. The normalized spacial score (nSPS) is 10.8. The minimum atomic E-state index is -0.378. The van der Waals surface area contributed by atoms with Crippen molar-refractivity contribution in [2.24, 2.45) is 0 Å². The molecule has 0 radical (unpaired) electrons. The summed E-state index contributed by atoms with van der Waals surface area (Å²) in [6, 6.07) is 10.3. The van der Waals surface area contributed by atoms with E-state index in [0.29, 0.717) is 38.7 Å². The van der Waals surface area contributed by atoms with E-state index in [1.807, 2.05) is 0 Å². The molecule has 0 unspecified atom stereocenters. The maximum Gasteiger partial charge on any atom is 0.285 e. The number of rotatable bonds is 9. The third-order valence-electron chi connectivity index (χ3n) is 4.42. The topological polar surface area (TPSA) is 127 Å². The Labute approximate surface area is 197 Å². The van der Waals surface area contributed by atoms with Crippen molar-refractivity contribution >= 4 is 29.1 Å². The van der Waals surface area contributed by atoms with Gasteiger partial charge in [-0.3, -0.25) is 4.79 Å². The molecule has 13 heteroatoms. The molecule has 170 valence electrons. The third-order valence-corrected chi connectivity index (χ3v) is 5.59. The van der Waals surface area contributed by atoms with Crippen LogP contribution in [0.3, 0.4) is 0 Å². The number of carbonyl (C=O) groups is 1. The van der Waals surface area contributed by atoms with Crippen LogP contribution in [0.4, 0.5) is 0 Å².